The van der Waals surface area contributed by atoms with Crippen LogP contribution in [0.5, 0.6) is 5.75 Å². The molecule has 0 saturated carbocycles. The van der Waals surface area contributed by atoms with E-state index in [9.17, 15) is 14.7 Å². The minimum Gasteiger partial charge on any atom is -0.506 e. The number of aromatic nitrogens is 1. The zero-order chi connectivity index (χ0) is 27.9. The van der Waals surface area contributed by atoms with E-state index in [-0.39, 0.29) is 22.6 Å². The van der Waals surface area contributed by atoms with Crippen molar-refractivity contribution in [3.8, 4) is 5.75 Å². The summed E-state index contributed by atoms with van der Waals surface area (Å²) in [6, 6.07) is 20.8. The number of nitrogens with one attached hydrogen (secondary N) is 3. The Morgan fingerprint density at radius 2 is 1.65 bits per heavy atom. The summed E-state index contributed by atoms with van der Waals surface area (Å²) in [6.07, 6.45) is 3.98. The van der Waals surface area contributed by atoms with Crippen LogP contribution in [0, 0.1) is 6.92 Å². The number of phenols is 1. The quantitative estimate of drug-likeness (QED) is 0.186. The van der Waals surface area contributed by atoms with Crippen molar-refractivity contribution < 1.29 is 9.90 Å². The molecule has 0 aliphatic heterocycles. The van der Waals surface area contributed by atoms with Gasteiger partial charge in [0.1, 0.15) is 11.3 Å². The van der Waals surface area contributed by atoms with E-state index in [1.807, 2.05) is 6.07 Å². The standard InChI is InChI=1S/C32H38N4O3S/c1-22-6-8-23(9-7-22)12-15-33-17-14-29(38)36(27-20-25-4-2-3-5-26(25)21-27)19-18-34-16-13-24-10-11-28(37)30-31(24)40-32(39)35-30/h2-11,27,33-34,37H,12-21H2,1H3,(H,35,39). The molecular formula is C32H38N4O3S. The molecule has 0 atom stereocenters. The average molecular weight is 559 g/mol. The summed E-state index contributed by atoms with van der Waals surface area (Å²) >= 11 is 1.13. The second kappa shape index (κ2) is 13.3. The maximum atomic E-state index is 13.4. The molecule has 3 aromatic carbocycles. The van der Waals surface area contributed by atoms with E-state index in [2.05, 4.69) is 76.0 Å². The van der Waals surface area contributed by atoms with E-state index < -0.39 is 0 Å². The van der Waals surface area contributed by atoms with E-state index in [1.54, 1.807) is 6.07 Å². The monoisotopic (exact) mass is 558 g/mol. The van der Waals surface area contributed by atoms with Gasteiger partial charge in [0.05, 0.1) is 4.70 Å². The third-order valence-electron chi connectivity index (χ3n) is 7.76. The zero-order valence-corrected chi connectivity index (χ0v) is 23.9. The third-order valence-corrected chi connectivity index (χ3v) is 8.71. The summed E-state index contributed by atoms with van der Waals surface area (Å²) in [5.74, 6) is 0.293. The van der Waals surface area contributed by atoms with Crippen LogP contribution in [0.15, 0.2) is 65.5 Å². The molecule has 0 bridgehead atoms. The maximum Gasteiger partial charge on any atom is 0.305 e. The van der Waals surface area contributed by atoms with Gasteiger partial charge in [0.15, 0.2) is 0 Å². The predicted octanol–water partition coefficient (Wildman–Crippen LogP) is 3.95. The van der Waals surface area contributed by atoms with E-state index in [4.69, 9.17) is 0 Å². The van der Waals surface area contributed by atoms with Gasteiger partial charge >= 0.3 is 4.87 Å². The molecule has 4 N–H and O–H groups in total. The Morgan fingerprint density at radius 3 is 2.40 bits per heavy atom. The van der Waals surface area contributed by atoms with E-state index in [1.165, 1.54) is 22.3 Å². The van der Waals surface area contributed by atoms with Crippen molar-refractivity contribution >= 4 is 27.5 Å². The summed E-state index contributed by atoms with van der Waals surface area (Å²) in [5, 5.41) is 17.0. The molecule has 40 heavy (non-hydrogen) atoms. The minimum atomic E-state index is -0.165. The molecular weight excluding hydrogens is 520 g/mol. The third kappa shape index (κ3) is 6.99. The van der Waals surface area contributed by atoms with Crippen molar-refractivity contribution in [3.63, 3.8) is 0 Å². The predicted molar refractivity (Wildman–Crippen MR) is 162 cm³/mol. The second-order valence-electron chi connectivity index (χ2n) is 10.6. The fourth-order valence-corrected chi connectivity index (χ4v) is 6.43. The van der Waals surface area contributed by atoms with Crippen molar-refractivity contribution in [2.45, 2.75) is 45.1 Å². The minimum absolute atomic E-state index is 0.0985. The molecule has 1 aliphatic carbocycles. The summed E-state index contributed by atoms with van der Waals surface area (Å²) in [4.78, 5) is 29.8. The first-order valence-corrected chi connectivity index (χ1v) is 15.0. The summed E-state index contributed by atoms with van der Waals surface area (Å²) in [5.41, 5.74) is 6.80. The number of rotatable bonds is 13. The number of nitrogens with zero attached hydrogens (tertiary/aromatic N) is 1. The van der Waals surface area contributed by atoms with Crippen molar-refractivity contribution in [2.24, 2.45) is 0 Å². The molecule has 5 rings (SSSR count). The number of benzene rings is 3. The molecule has 0 spiro atoms. The number of amides is 1. The number of aryl methyl sites for hydroxylation is 1. The lowest BCUT2D eigenvalue weighted by molar-refractivity contribution is -0.133. The number of aromatic amines is 1. The second-order valence-corrected chi connectivity index (χ2v) is 11.6. The van der Waals surface area contributed by atoms with Gasteiger partial charge in [-0.3, -0.25) is 9.59 Å². The molecule has 0 saturated heterocycles. The van der Waals surface area contributed by atoms with Gasteiger partial charge in [0, 0.05) is 32.1 Å². The van der Waals surface area contributed by atoms with Gasteiger partial charge in [-0.15, -0.1) is 0 Å². The Bertz CT molecular complexity index is 1470. The molecule has 1 heterocycles. The number of fused-ring (bicyclic) bond motifs is 2. The number of thiazole rings is 1. The Balaban J connectivity index is 1.12. The highest BCUT2D eigenvalue weighted by Gasteiger charge is 2.29. The highest BCUT2D eigenvalue weighted by molar-refractivity contribution is 7.16. The van der Waals surface area contributed by atoms with Crippen LogP contribution < -0.4 is 15.5 Å². The lowest BCUT2D eigenvalue weighted by Crippen LogP contribution is -2.45. The number of carbonyl (C=O) groups is 1. The molecule has 1 aromatic heterocycles. The average Bonchev–Trinajstić information content (AvgIpc) is 3.56. The summed E-state index contributed by atoms with van der Waals surface area (Å²) in [6.45, 7) is 5.70. The van der Waals surface area contributed by atoms with Crippen LogP contribution in [0.1, 0.15) is 34.2 Å². The highest BCUT2D eigenvalue weighted by atomic mass is 32.1. The van der Waals surface area contributed by atoms with Gasteiger partial charge in [-0.2, -0.15) is 0 Å². The van der Waals surface area contributed by atoms with Crippen molar-refractivity contribution in [1.82, 2.24) is 20.5 Å². The largest absolute Gasteiger partial charge is 0.506 e. The number of carbonyl (C=O) groups excluding carboxylic acids is 1. The molecule has 1 aliphatic rings. The molecule has 210 valence electrons. The SMILES string of the molecule is Cc1ccc(CCNCCC(=O)N(CCNCCc2ccc(O)c3[nH]c(=O)sc23)C2Cc3ccccc3C2)cc1. The van der Waals surface area contributed by atoms with Crippen LogP contribution in [-0.4, -0.2) is 59.7 Å². The van der Waals surface area contributed by atoms with Gasteiger partial charge in [-0.1, -0.05) is 71.5 Å². The Labute approximate surface area is 239 Å². The smallest absolute Gasteiger partial charge is 0.305 e. The van der Waals surface area contributed by atoms with E-state index in [0.717, 1.165) is 60.4 Å². The fraction of sp³-hybridized carbons (Fsp3) is 0.375. The molecule has 0 unspecified atom stereocenters. The van der Waals surface area contributed by atoms with Crippen molar-refractivity contribution in [2.75, 3.05) is 32.7 Å². The van der Waals surface area contributed by atoms with E-state index in [0.29, 0.717) is 31.6 Å². The first kappa shape index (κ1) is 28.1. The summed E-state index contributed by atoms with van der Waals surface area (Å²) in [7, 11) is 0. The molecule has 0 radical (unpaired) electrons. The van der Waals surface area contributed by atoms with E-state index >= 15 is 0 Å². The van der Waals surface area contributed by atoms with Gasteiger partial charge in [-0.05, 0) is 74.0 Å². The topological polar surface area (TPSA) is 97.5 Å². The molecule has 4 aromatic rings. The van der Waals surface area contributed by atoms with Crippen LogP contribution in [0.4, 0.5) is 0 Å². The fourth-order valence-electron chi connectivity index (χ4n) is 5.54. The van der Waals surface area contributed by atoms with Crippen molar-refractivity contribution in [1.29, 1.82) is 0 Å². The Kier molecular flexibility index (Phi) is 9.31. The molecule has 1 amide bonds. The first-order chi connectivity index (χ1) is 19.5. The number of hydrogen-bond donors (Lipinski definition) is 4. The van der Waals surface area contributed by atoms with Gasteiger partial charge < -0.3 is 25.6 Å². The van der Waals surface area contributed by atoms with Gasteiger partial charge in [-0.25, -0.2) is 0 Å². The Morgan fingerprint density at radius 1 is 0.950 bits per heavy atom. The normalized spacial score (nSPS) is 13.1. The highest BCUT2D eigenvalue weighted by Crippen LogP contribution is 2.28. The molecule has 7 nitrogen and oxygen atoms in total. The number of hydrogen-bond acceptors (Lipinski definition) is 6. The van der Waals surface area contributed by atoms with Crippen LogP contribution in [0.3, 0.4) is 0 Å². The van der Waals surface area contributed by atoms with Crippen LogP contribution in [0.2, 0.25) is 0 Å². The maximum absolute atomic E-state index is 13.4. The van der Waals surface area contributed by atoms with Crippen molar-refractivity contribution in [3.05, 3.63) is 98.1 Å². The zero-order valence-electron chi connectivity index (χ0n) is 23.0. The van der Waals surface area contributed by atoms with Gasteiger partial charge in [0.2, 0.25) is 5.91 Å². The number of H-pyrrole nitrogens is 1. The molecule has 8 heteroatoms. The van der Waals surface area contributed by atoms with Crippen LogP contribution in [-0.2, 0) is 30.5 Å². The van der Waals surface area contributed by atoms with Gasteiger partial charge in [0.25, 0.3) is 0 Å². The lowest BCUT2D eigenvalue weighted by atomic mass is 10.1. The van der Waals surface area contributed by atoms with Crippen LogP contribution >= 0.6 is 11.3 Å². The Hall–Kier alpha value is -3.46. The number of phenolic OH excluding ortho intramolecular Hbond substituents is 1. The number of aromatic hydroxyl groups is 1. The van der Waals surface area contributed by atoms with Crippen LogP contribution in [0.25, 0.3) is 10.2 Å². The molecule has 0 fully saturated rings. The summed E-state index contributed by atoms with van der Waals surface area (Å²) < 4.78 is 0.808. The first-order valence-electron chi connectivity index (χ1n) is 14.1. The lowest BCUT2D eigenvalue weighted by Gasteiger charge is -2.29.